The Morgan fingerprint density at radius 1 is 0.786 bits per heavy atom. The molecule has 0 spiro atoms. The number of aldehydes is 1. The van der Waals surface area contributed by atoms with Gasteiger partial charge in [0.15, 0.2) is 0 Å². The van der Waals surface area contributed by atoms with Crippen molar-refractivity contribution in [3.63, 3.8) is 0 Å². The second kappa shape index (κ2) is 12.8. The van der Waals surface area contributed by atoms with Gasteiger partial charge in [0.05, 0.1) is 5.69 Å². The zero-order valence-corrected chi connectivity index (χ0v) is 23.4. The van der Waals surface area contributed by atoms with Crippen molar-refractivity contribution in [1.82, 2.24) is 0 Å². The molecule has 0 atom stereocenters. The first-order valence-corrected chi connectivity index (χ1v) is 13.5. The average molecular weight is 555 g/mol. The van der Waals surface area contributed by atoms with Crippen LogP contribution in [0.3, 0.4) is 0 Å². The third-order valence-electron chi connectivity index (χ3n) is 6.97. The Morgan fingerprint density at radius 3 is 2.17 bits per heavy atom. The van der Waals surface area contributed by atoms with E-state index in [0.29, 0.717) is 40.4 Å². The van der Waals surface area contributed by atoms with Crippen LogP contribution in [0.15, 0.2) is 121 Å². The number of anilines is 2. The van der Waals surface area contributed by atoms with Gasteiger partial charge in [0.2, 0.25) is 0 Å². The van der Waals surface area contributed by atoms with Gasteiger partial charge in [-0.2, -0.15) is 0 Å². The number of hydrogen-bond donors (Lipinski definition) is 1. The summed E-state index contributed by atoms with van der Waals surface area (Å²) in [5.74, 6) is 0.113. The zero-order valence-electron chi connectivity index (χ0n) is 23.4. The molecule has 0 aliphatic rings. The highest BCUT2D eigenvalue weighted by atomic mass is 16.5. The van der Waals surface area contributed by atoms with Gasteiger partial charge in [-0.1, -0.05) is 84.4 Å². The number of aryl methyl sites for hydroxylation is 1. The van der Waals surface area contributed by atoms with E-state index in [1.54, 1.807) is 49.5 Å². The van der Waals surface area contributed by atoms with Crippen LogP contribution in [0.25, 0.3) is 11.1 Å². The smallest absolute Gasteiger partial charge is 0.258 e. The van der Waals surface area contributed by atoms with Crippen molar-refractivity contribution < 1.29 is 19.1 Å². The maximum Gasteiger partial charge on any atom is 0.258 e. The lowest BCUT2D eigenvalue weighted by atomic mass is 9.98. The molecule has 0 unspecified atom stereocenters. The number of ether oxygens (including phenoxy) is 1. The maximum absolute atomic E-state index is 13.4. The van der Waals surface area contributed by atoms with E-state index in [9.17, 15) is 14.4 Å². The van der Waals surface area contributed by atoms with Gasteiger partial charge in [-0.05, 0) is 66.1 Å². The molecule has 0 saturated carbocycles. The molecule has 0 aliphatic carbocycles. The number of rotatable bonds is 9. The van der Waals surface area contributed by atoms with Crippen LogP contribution in [0, 0.1) is 6.92 Å². The van der Waals surface area contributed by atoms with Crippen molar-refractivity contribution in [2.75, 3.05) is 17.3 Å². The minimum Gasteiger partial charge on any atom is -0.487 e. The number of carbonyl (C=O) groups excluding carboxylic acids is 3. The Balaban J connectivity index is 1.27. The monoisotopic (exact) mass is 554 g/mol. The molecule has 5 rings (SSSR count). The summed E-state index contributed by atoms with van der Waals surface area (Å²) < 4.78 is 6.03. The van der Waals surface area contributed by atoms with Crippen molar-refractivity contribution in [3.05, 3.63) is 149 Å². The minimum absolute atomic E-state index is 0.219. The van der Waals surface area contributed by atoms with Crippen molar-refractivity contribution in [2.24, 2.45) is 0 Å². The first-order valence-electron chi connectivity index (χ1n) is 13.5. The summed E-state index contributed by atoms with van der Waals surface area (Å²) in [6.45, 7) is 2.32. The molecular formula is C36H30N2O4. The van der Waals surface area contributed by atoms with Gasteiger partial charge in [-0.15, -0.1) is 0 Å². The molecule has 0 saturated heterocycles. The Bertz CT molecular complexity index is 1710. The lowest BCUT2D eigenvalue weighted by molar-refractivity contribution is 0.0990. The molecule has 0 fully saturated rings. The fourth-order valence-corrected chi connectivity index (χ4v) is 4.57. The lowest BCUT2D eigenvalue weighted by Gasteiger charge is -2.21. The average Bonchev–Trinajstić information content (AvgIpc) is 3.04. The molecule has 42 heavy (non-hydrogen) atoms. The highest BCUT2D eigenvalue weighted by Crippen LogP contribution is 2.30. The van der Waals surface area contributed by atoms with Crippen molar-refractivity contribution >= 4 is 29.5 Å². The van der Waals surface area contributed by atoms with E-state index in [2.05, 4.69) is 5.32 Å². The summed E-state index contributed by atoms with van der Waals surface area (Å²) in [6, 6.07) is 36.9. The number of hydrogen-bond acceptors (Lipinski definition) is 4. The van der Waals surface area contributed by atoms with Gasteiger partial charge in [-0.3, -0.25) is 14.4 Å². The molecule has 6 nitrogen and oxygen atoms in total. The molecule has 5 aromatic rings. The fraction of sp³-hybridized carbons (Fsp3) is 0.0833. The van der Waals surface area contributed by atoms with E-state index < -0.39 is 0 Å². The van der Waals surface area contributed by atoms with E-state index >= 15 is 0 Å². The first-order chi connectivity index (χ1) is 20.4. The molecule has 208 valence electrons. The van der Waals surface area contributed by atoms with Gasteiger partial charge in [0.1, 0.15) is 18.6 Å². The summed E-state index contributed by atoms with van der Waals surface area (Å²) in [5.41, 5.74) is 6.72. The SMILES string of the molecule is Cc1ccc(-c2ccccc2C(=O)Nc2ccc(C(=O)N(C)c3ccccc3OCc3ccc(C=O)cc3)cc2)cc1. The number of amides is 2. The van der Waals surface area contributed by atoms with Crippen LogP contribution in [0.1, 0.15) is 42.2 Å². The Labute approximate surface area is 245 Å². The van der Waals surface area contributed by atoms with Crippen LogP contribution in [0.5, 0.6) is 5.75 Å². The van der Waals surface area contributed by atoms with E-state index in [-0.39, 0.29) is 11.8 Å². The fourth-order valence-electron chi connectivity index (χ4n) is 4.57. The van der Waals surface area contributed by atoms with Gasteiger partial charge in [0.25, 0.3) is 11.8 Å². The van der Waals surface area contributed by atoms with Crippen LogP contribution in [0.2, 0.25) is 0 Å². The second-order valence-corrected chi connectivity index (χ2v) is 9.92. The molecule has 0 heterocycles. The van der Waals surface area contributed by atoms with Crippen LogP contribution >= 0.6 is 0 Å². The minimum atomic E-state index is -0.228. The van der Waals surface area contributed by atoms with Crippen molar-refractivity contribution in [3.8, 4) is 16.9 Å². The number of nitrogens with zero attached hydrogens (tertiary/aromatic N) is 1. The third kappa shape index (κ3) is 6.45. The number of nitrogens with one attached hydrogen (secondary N) is 1. The topological polar surface area (TPSA) is 75.7 Å². The van der Waals surface area contributed by atoms with Crippen molar-refractivity contribution in [2.45, 2.75) is 13.5 Å². The highest BCUT2D eigenvalue weighted by Gasteiger charge is 2.18. The normalized spacial score (nSPS) is 10.5. The predicted molar refractivity (Wildman–Crippen MR) is 166 cm³/mol. The molecule has 6 heteroatoms. The third-order valence-corrected chi connectivity index (χ3v) is 6.97. The zero-order chi connectivity index (χ0) is 29.5. The second-order valence-electron chi connectivity index (χ2n) is 9.92. The quantitative estimate of drug-likeness (QED) is 0.191. The van der Waals surface area contributed by atoms with Crippen molar-refractivity contribution in [1.29, 1.82) is 0 Å². The van der Waals surface area contributed by atoms with Gasteiger partial charge in [0, 0.05) is 29.4 Å². The molecular weight excluding hydrogens is 524 g/mol. The highest BCUT2D eigenvalue weighted by molar-refractivity contribution is 6.09. The Morgan fingerprint density at radius 2 is 1.45 bits per heavy atom. The summed E-state index contributed by atoms with van der Waals surface area (Å²) in [6.07, 6.45) is 0.798. The molecule has 0 aliphatic heterocycles. The number of benzene rings is 5. The molecule has 0 radical (unpaired) electrons. The maximum atomic E-state index is 13.4. The predicted octanol–water partition coefficient (Wildman–Crippen LogP) is 7.58. The van der Waals surface area contributed by atoms with E-state index in [4.69, 9.17) is 4.74 Å². The summed E-state index contributed by atoms with van der Waals surface area (Å²) in [5, 5.41) is 2.95. The van der Waals surface area contributed by atoms with Crippen LogP contribution in [0.4, 0.5) is 11.4 Å². The summed E-state index contributed by atoms with van der Waals surface area (Å²) >= 11 is 0. The molecule has 0 aromatic heterocycles. The summed E-state index contributed by atoms with van der Waals surface area (Å²) in [4.78, 5) is 39.0. The Hall–Kier alpha value is -5.49. The van der Waals surface area contributed by atoms with E-state index in [1.807, 2.05) is 85.8 Å². The Kier molecular flexibility index (Phi) is 8.54. The van der Waals surface area contributed by atoms with Gasteiger partial charge in [-0.25, -0.2) is 0 Å². The van der Waals surface area contributed by atoms with E-state index in [1.165, 1.54) is 4.90 Å². The first kappa shape index (κ1) is 28.1. The molecule has 0 bridgehead atoms. The number of para-hydroxylation sites is 2. The molecule has 2 amide bonds. The molecule has 1 N–H and O–H groups in total. The standard InChI is InChI=1S/C36H30N2O4/c1-25-11-17-28(18-12-25)31-7-3-4-8-32(31)35(40)37-30-21-19-29(20-22-30)36(41)38(2)33-9-5-6-10-34(33)42-24-27-15-13-26(23-39)14-16-27/h3-23H,24H2,1-2H3,(H,37,40). The largest absolute Gasteiger partial charge is 0.487 e. The van der Waals surface area contributed by atoms with Crippen LogP contribution in [-0.4, -0.2) is 25.1 Å². The molecule has 5 aromatic carbocycles. The lowest BCUT2D eigenvalue weighted by Crippen LogP contribution is -2.26. The van der Waals surface area contributed by atoms with Crippen LogP contribution in [-0.2, 0) is 6.61 Å². The summed E-state index contributed by atoms with van der Waals surface area (Å²) in [7, 11) is 1.70. The number of carbonyl (C=O) groups is 3. The van der Waals surface area contributed by atoms with E-state index in [0.717, 1.165) is 28.5 Å². The van der Waals surface area contributed by atoms with Gasteiger partial charge >= 0.3 is 0 Å². The van der Waals surface area contributed by atoms with Crippen LogP contribution < -0.4 is 15.0 Å². The van der Waals surface area contributed by atoms with Gasteiger partial charge < -0.3 is 15.0 Å².